The Balaban J connectivity index is 1.37. The van der Waals surface area contributed by atoms with Crippen LogP contribution in [0.25, 0.3) is 0 Å². The minimum atomic E-state index is -0.0142. The molecule has 0 aliphatic carbocycles. The summed E-state index contributed by atoms with van der Waals surface area (Å²) in [5.74, 6) is 0.635. The van der Waals surface area contributed by atoms with Crippen LogP contribution in [0.1, 0.15) is 49.0 Å². The smallest absolute Gasteiger partial charge is 0.274 e. The normalized spacial score (nSPS) is 17.6. The van der Waals surface area contributed by atoms with Gasteiger partial charge in [0.05, 0.1) is 0 Å². The first-order valence-electron chi connectivity index (χ1n) is 10.0. The average Bonchev–Trinajstić information content (AvgIpc) is 2.76. The molecule has 1 aromatic heterocycles. The number of aromatic nitrogens is 2. The number of nitrogens with one attached hydrogen (secondary N) is 1. The second-order valence-corrected chi connectivity index (χ2v) is 7.38. The Labute approximate surface area is 160 Å². The summed E-state index contributed by atoms with van der Waals surface area (Å²) in [5, 5.41) is 11.6. The van der Waals surface area contributed by atoms with Gasteiger partial charge in [-0.25, -0.2) is 0 Å². The molecule has 3 heterocycles. The highest BCUT2D eigenvalue weighted by Gasteiger charge is 2.19. The molecule has 1 amide bonds. The van der Waals surface area contributed by atoms with Gasteiger partial charge in [-0.1, -0.05) is 0 Å². The van der Waals surface area contributed by atoms with E-state index in [1.54, 1.807) is 6.07 Å². The van der Waals surface area contributed by atoms with E-state index >= 15 is 0 Å². The van der Waals surface area contributed by atoms with Crippen LogP contribution in [0, 0.1) is 0 Å². The van der Waals surface area contributed by atoms with E-state index in [4.69, 9.17) is 0 Å². The number of carbonyl (C=O) groups is 1. The number of nitrogens with zero attached hydrogens (tertiary/aromatic N) is 4. The van der Waals surface area contributed by atoms with E-state index in [-0.39, 0.29) is 5.91 Å². The predicted molar refractivity (Wildman–Crippen MR) is 108 cm³/mol. The molecule has 27 heavy (non-hydrogen) atoms. The van der Waals surface area contributed by atoms with E-state index in [9.17, 15) is 4.79 Å². The summed E-state index contributed by atoms with van der Waals surface area (Å²) in [6.07, 6.45) is 7.24. The molecule has 1 aromatic carbocycles. The Bertz CT molecular complexity index is 747. The maximum atomic E-state index is 12.5. The molecule has 2 saturated heterocycles. The van der Waals surface area contributed by atoms with Crippen molar-refractivity contribution in [3.05, 3.63) is 42.1 Å². The molecule has 0 unspecified atom stereocenters. The van der Waals surface area contributed by atoms with Crippen LogP contribution in [0.4, 0.5) is 17.2 Å². The Morgan fingerprint density at radius 1 is 0.778 bits per heavy atom. The molecule has 2 aliphatic rings. The van der Waals surface area contributed by atoms with Crippen molar-refractivity contribution in [3.63, 3.8) is 0 Å². The SMILES string of the molecule is O=C(c1ccc(Nc2ccc(N3CCCCC3)cc2)nn1)N1CCCCC1. The number of rotatable bonds is 4. The number of carbonyl (C=O) groups excluding carboxylic acids is 1. The van der Waals surface area contributed by atoms with Crippen molar-refractivity contribution in [2.24, 2.45) is 0 Å². The minimum absolute atomic E-state index is 0.0142. The molecule has 2 aliphatic heterocycles. The van der Waals surface area contributed by atoms with Gasteiger partial charge in [-0.2, -0.15) is 0 Å². The molecule has 0 saturated carbocycles. The topological polar surface area (TPSA) is 61.4 Å². The first kappa shape index (κ1) is 17.8. The zero-order chi connectivity index (χ0) is 18.5. The van der Waals surface area contributed by atoms with Gasteiger partial charge in [0.25, 0.3) is 5.91 Å². The average molecular weight is 365 g/mol. The monoisotopic (exact) mass is 365 g/mol. The lowest BCUT2D eigenvalue weighted by molar-refractivity contribution is 0.0717. The van der Waals surface area contributed by atoms with Crippen LogP contribution >= 0.6 is 0 Å². The van der Waals surface area contributed by atoms with Gasteiger partial charge in [0.15, 0.2) is 11.5 Å². The van der Waals surface area contributed by atoms with Crippen molar-refractivity contribution in [1.29, 1.82) is 0 Å². The van der Waals surface area contributed by atoms with Crippen molar-refractivity contribution >= 4 is 23.1 Å². The maximum absolute atomic E-state index is 12.5. The molecule has 0 atom stereocenters. The molecule has 2 aromatic rings. The predicted octanol–water partition coefficient (Wildman–Crippen LogP) is 3.84. The molecule has 0 bridgehead atoms. The summed E-state index contributed by atoms with van der Waals surface area (Å²) in [5.41, 5.74) is 2.66. The van der Waals surface area contributed by atoms with E-state index in [1.807, 2.05) is 11.0 Å². The minimum Gasteiger partial charge on any atom is -0.372 e. The van der Waals surface area contributed by atoms with Crippen LogP contribution in [-0.4, -0.2) is 47.2 Å². The van der Waals surface area contributed by atoms with E-state index in [0.29, 0.717) is 11.5 Å². The summed E-state index contributed by atoms with van der Waals surface area (Å²) < 4.78 is 0. The summed E-state index contributed by atoms with van der Waals surface area (Å²) >= 11 is 0. The summed E-state index contributed by atoms with van der Waals surface area (Å²) in [6, 6.07) is 12.0. The van der Waals surface area contributed by atoms with Gasteiger partial charge in [-0.05, 0) is 74.9 Å². The Morgan fingerprint density at radius 2 is 1.44 bits per heavy atom. The highest BCUT2D eigenvalue weighted by atomic mass is 16.2. The molecule has 6 heteroatoms. The number of anilines is 3. The zero-order valence-corrected chi connectivity index (χ0v) is 15.7. The summed E-state index contributed by atoms with van der Waals surface area (Å²) in [4.78, 5) is 16.8. The van der Waals surface area contributed by atoms with Crippen molar-refractivity contribution in [3.8, 4) is 0 Å². The van der Waals surface area contributed by atoms with E-state index in [1.165, 1.54) is 31.4 Å². The van der Waals surface area contributed by atoms with E-state index < -0.39 is 0 Å². The Kier molecular flexibility index (Phi) is 5.51. The number of benzene rings is 1. The third kappa shape index (κ3) is 4.38. The van der Waals surface area contributed by atoms with Crippen molar-refractivity contribution in [2.75, 3.05) is 36.4 Å². The molecule has 2 fully saturated rings. The first-order chi connectivity index (χ1) is 13.3. The molecule has 0 spiro atoms. The zero-order valence-electron chi connectivity index (χ0n) is 15.7. The number of likely N-dealkylation sites (tertiary alicyclic amines) is 1. The largest absolute Gasteiger partial charge is 0.372 e. The fraction of sp³-hybridized carbons (Fsp3) is 0.476. The van der Waals surface area contributed by atoms with Crippen molar-refractivity contribution in [2.45, 2.75) is 38.5 Å². The molecule has 4 rings (SSSR count). The molecule has 0 radical (unpaired) electrons. The second kappa shape index (κ2) is 8.37. The van der Waals surface area contributed by atoms with Crippen LogP contribution < -0.4 is 10.2 Å². The van der Waals surface area contributed by atoms with Crippen LogP contribution in [0.2, 0.25) is 0 Å². The van der Waals surface area contributed by atoms with Gasteiger partial charge in [0, 0.05) is 37.6 Å². The first-order valence-corrected chi connectivity index (χ1v) is 10.0. The van der Waals surface area contributed by atoms with Gasteiger partial charge < -0.3 is 15.1 Å². The fourth-order valence-electron chi connectivity index (χ4n) is 3.83. The van der Waals surface area contributed by atoms with Crippen LogP contribution in [0.15, 0.2) is 36.4 Å². The van der Waals surface area contributed by atoms with Gasteiger partial charge in [0.2, 0.25) is 0 Å². The Hall–Kier alpha value is -2.63. The van der Waals surface area contributed by atoms with Crippen LogP contribution in [-0.2, 0) is 0 Å². The number of amides is 1. The van der Waals surface area contributed by atoms with E-state index in [2.05, 4.69) is 44.7 Å². The summed E-state index contributed by atoms with van der Waals surface area (Å²) in [7, 11) is 0. The lowest BCUT2D eigenvalue weighted by Gasteiger charge is -2.28. The summed E-state index contributed by atoms with van der Waals surface area (Å²) in [6.45, 7) is 3.93. The molecular weight excluding hydrogens is 338 g/mol. The molecule has 142 valence electrons. The molecular formula is C21H27N5O. The lowest BCUT2D eigenvalue weighted by atomic mass is 10.1. The number of hydrogen-bond acceptors (Lipinski definition) is 5. The van der Waals surface area contributed by atoms with Crippen molar-refractivity contribution < 1.29 is 4.79 Å². The third-order valence-corrected chi connectivity index (χ3v) is 5.39. The maximum Gasteiger partial charge on any atom is 0.274 e. The molecule has 1 N–H and O–H groups in total. The van der Waals surface area contributed by atoms with Crippen LogP contribution in [0.5, 0.6) is 0 Å². The lowest BCUT2D eigenvalue weighted by Crippen LogP contribution is -2.36. The van der Waals surface area contributed by atoms with Gasteiger partial charge in [-0.15, -0.1) is 10.2 Å². The van der Waals surface area contributed by atoms with Gasteiger partial charge in [0.1, 0.15) is 0 Å². The Morgan fingerprint density at radius 3 is 2.07 bits per heavy atom. The highest BCUT2D eigenvalue weighted by molar-refractivity contribution is 5.92. The fourth-order valence-corrected chi connectivity index (χ4v) is 3.83. The number of hydrogen-bond donors (Lipinski definition) is 1. The van der Waals surface area contributed by atoms with Crippen molar-refractivity contribution in [1.82, 2.24) is 15.1 Å². The van der Waals surface area contributed by atoms with Crippen LogP contribution in [0.3, 0.4) is 0 Å². The van der Waals surface area contributed by atoms with E-state index in [0.717, 1.165) is 44.7 Å². The second-order valence-electron chi connectivity index (χ2n) is 7.38. The highest BCUT2D eigenvalue weighted by Crippen LogP contribution is 2.23. The van der Waals surface area contributed by atoms with Gasteiger partial charge >= 0.3 is 0 Å². The standard InChI is InChI=1S/C21H27N5O/c27-21(26-15-5-2-6-16-26)19-11-12-20(24-23-19)22-17-7-9-18(10-8-17)25-13-3-1-4-14-25/h7-12H,1-6,13-16H2,(H,22,24). The number of piperidine rings is 2. The van der Waals surface area contributed by atoms with Gasteiger partial charge in [-0.3, -0.25) is 4.79 Å². The quantitative estimate of drug-likeness (QED) is 0.892. The third-order valence-electron chi connectivity index (χ3n) is 5.39. The molecule has 6 nitrogen and oxygen atoms in total.